The molecule has 1 aromatic heterocycles. The predicted octanol–water partition coefficient (Wildman–Crippen LogP) is 3.29. The molecule has 0 aliphatic heterocycles. The van der Waals surface area contributed by atoms with Crippen LogP contribution in [0.15, 0.2) is 24.3 Å². The number of benzene rings is 1. The van der Waals surface area contributed by atoms with Gasteiger partial charge in [-0.15, -0.1) is 0 Å². The number of aryl methyl sites for hydroxylation is 1. The third kappa shape index (κ3) is 4.65. The Morgan fingerprint density at radius 2 is 1.92 bits per heavy atom. The number of nitrogens with zero attached hydrogens (tertiary/aromatic N) is 2. The van der Waals surface area contributed by atoms with Crippen LogP contribution in [0, 0.1) is 13.8 Å². The molecule has 26 heavy (non-hydrogen) atoms. The number of amides is 1. The van der Waals surface area contributed by atoms with Gasteiger partial charge >= 0.3 is 5.97 Å². The average Bonchev–Trinajstić information content (AvgIpc) is 2.82. The van der Waals surface area contributed by atoms with Crippen molar-refractivity contribution in [3.8, 4) is 0 Å². The van der Waals surface area contributed by atoms with E-state index in [0.717, 1.165) is 22.5 Å². The van der Waals surface area contributed by atoms with Crippen LogP contribution >= 0.6 is 23.2 Å². The molecule has 0 saturated carbocycles. The van der Waals surface area contributed by atoms with E-state index >= 15 is 0 Å². The molecule has 2 N–H and O–H groups in total. The molecule has 2 rings (SSSR count). The summed E-state index contributed by atoms with van der Waals surface area (Å²) in [6, 6.07) is 5.32. The summed E-state index contributed by atoms with van der Waals surface area (Å²) in [6.45, 7) is 5.52. The Bertz CT molecular complexity index is 855. The fraction of sp³-hybridized carbons (Fsp3) is 0.278. The molecule has 1 heterocycles. The monoisotopic (exact) mass is 395 g/mol. The van der Waals surface area contributed by atoms with E-state index in [1.165, 1.54) is 13.0 Å². The second kappa shape index (κ2) is 8.38. The van der Waals surface area contributed by atoms with E-state index in [1.807, 2.05) is 13.8 Å². The lowest BCUT2D eigenvalue weighted by atomic mass is 10.1. The largest absolute Gasteiger partial charge is 0.449 e. The van der Waals surface area contributed by atoms with Gasteiger partial charge in [0.15, 0.2) is 6.10 Å². The first-order valence-electron chi connectivity index (χ1n) is 7.85. The van der Waals surface area contributed by atoms with E-state index in [0.29, 0.717) is 16.6 Å². The van der Waals surface area contributed by atoms with Crippen molar-refractivity contribution in [2.24, 2.45) is 5.73 Å². The molecule has 0 aliphatic rings. The number of rotatable bonds is 6. The number of primary amides is 1. The summed E-state index contributed by atoms with van der Waals surface area (Å²) in [5.41, 5.74) is 8.18. The lowest BCUT2D eigenvalue weighted by Gasteiger charge is -2.09. The number of carbonyl (C=O) groups is 2. The summed E-state index contributed by atoms with van der Waals surface area (Å²) in [5.74, 6) is -1.36. The Morgan fingerprint density at radius 3 is 2.50 bits per heavy atom. The van der Waals surface area contributed by atoms with Crippen LogP contribution in [0.5, 0.6) is 0 Å². The highest BCUT2D eigenvalue weighted by atomic mass is 35.5. The zero-order valence-electron chi connectivity index (χ0n) is 14.6. The summed E-state index contributed by atoms with van der Waals surface area (Å²) >= 11 is 12.4. The van der Waals surface area contributed by atoms with Crippen molar-refractivity contribution >= 4 is 41.2 Å². The quantitative estimate of drug-likeness (QED) is 0.600. The van der Waals surface area contributed by atoms with E-state index in [2.05, 4.69) is 5.10 Å². The number of ether oxygens (including phenoxy) is 1. The molecular weight excluding hydrogens is 377 g/mol. The second-order valence-electron chi connectivity index (χ2n) is 5.76. The number of hydrogen-bond donors (Lipinski definition) is 1. The van der Waals surface area contributed by atoms with Crippen LogP contribution in [0.2, 0.25) is 10.0 Å². The maximum absolute atomic E-state index is 11.8. The lowest BCUT2D eigenvalue weighted by Crippen LogP contribution is -2.29. The van der Waals surface area contributed by atoms with Crippen molar-refractivity contribution in [3.63, 3.8) is 0 Å². The van der Waals surface area contributed by atoms with Crippen LogP contribution in [-0.2, 0) is 20.9 Å². The summed E-state index contributed by atoms with van der Waals surface area (Å²) in [4.78, 5) is 22.7. The highest BCUT2D eigenvalue weighted by Crippen LogP contribution is 2.26. The predicted molar refractivity (Wildman–Crippen MR) is 101 cm³/mol. The van der Waals surface area contributed by atoms with Crippen molar-refractivity contribution in [1.29, 1.82) is 0 Å². The van der Waals surface area contributed by atoms with Gasteiger partial charge in [-0.25, -0.2) is 4.79 Å². The first-order valence-corrected chi connectivity index (χ1v) is 8.61. The summed E-state index contributed by atoms with van der Waals surface area (Å²) < 4.78 is 6.65. The number of aromatic nitrogens is 2. The minimum Gasteiger partial charge on any atom is -0.449 e. The van der Waals surface area contributed by atoms with Gasteiger partial charge in [0.1, 0.15) is 0 Å². The Morgan fingerprint density at radius 1 is 1.31 bits per heavy atom. The molecule has 0 radical (unpaired) electrons. The van der Waals surface area contributed by atoms with E-state index in [1.54, 1.807) is 29.0 Å². The van der Waals surface area contributed by atoms with Gasteiger partial charge in [0.05, 0.1) is 12.2 Å². The summed E-state index contributed by atoms with van der Waals surface area (Å²) in [5, 5.41) is 5.60. The van der Waals surface area contributed by atoms with E-state index in [9.17, 15) is 9.59 Å². The third-order valence-corrected chi connectivity index (χ3v) is 4.59. The molecule has 0 saturated heterocycles. The average molecular weight is 396 g/mol. The molecule has 1 aromatic carbocycles. The number of carbonyl (C=O) groups excluding carboxylic acids is 2. The molecule has 8 heteroatoms. The molecule has 0 aliphatic carbocycles. The highest BCUT2D eigenvalue weighted by Gasteiger charge is 2.15. The number of halogens is 2. The van der Waals surface area contributed by atoms with Crippen LogP contribution in [0.3, 0.4) is 0 Å². The van der Waals surface area contributed by atoms with E-state index < -0.39 is 18.0 Å². The zero-order valence-corrected chi connectivity index (χ0v) is 16.1. The zero-order chi connectivity index (χ0) is 19.4. The molecule has 138 valence electrons. The first kappa shape index (κ1) is 20.0. The number of esters is 1. The summed E-state index contributed by atoms with van der Waals surface area (Å²) in [6.07, 6.45) is 1.85. The standard InChI is InChI=1S/C18H19Cl2N3O3/c1-10-13(7-8-17(24)26-12(3)18(21)25)11(2)23(22-10)9-14-15(19)5-4-6-16(14)20/h4-8,12H,9H2,1-3H3,(H2,21,25)/b8-7+/t12-/m0/s1. The maximum atomic E-state index is 11.8. The van der Waals surface area contributed by atoms with Crippen LogP contribution in [-0.4, -0.2) is 27.8 Å². The van der Waals surface area contributed by atoms with Gasteiger partial charge in [-0.1, -0.05) is 29.3 Å². The molecule has 0 fully saturated rings. The Balaban J connectivity index is 2.21. The first-order chi connectivity index (χ1) is 12.2. The van der Waals surface area contributed by atoms with Crippen LogP contribution in [0.1, 0.15) is 29.4 Å². The van der Waals surface area contributed by atoms with Gasteiger partial charge in [-0.05, 0) is 39.0 Å². The molecule has 2 aromatic rings. The molecule has 0 bridgehead atoms. The van der Waals surface area contributed by atoms with Gasteiger partial charge in [-0.2, -0.15) is 5.10 Å². The minimum absolute atomic E-state index is 0.405. The SMILES string of the molecule is Cc1nn(Cc2c(Cl)cccc2Cl)c(C)c1/C=C/C(=O)O[C@@H](C)C(N)=O. The fourth-order valence-electron chi connectivity index (χ4n) is 2.36. The lowest BCUT2D eigenvalue weighted by molar-refractivity contribution is -0.148. The van der Waals surface area contributed by atoms with Crippen LogP contribution in [0.4, 0.5) is 0 Å². The normalized spacial score (nSPS) is 12.3. The van der Waals surface area contributed by atoms with Crippen molar-refractivity contribution < 1.29 is 14.3 Å². The van der Waals surface area contributed by atoms with Gasteiger partial charge in [-0.3, -0.25) is 9.48 Å². The minimum atomic E-state index is -0.987. The molecule has 0 spiro atoms. The second-order valence-corrected chi connectivity index (χ2v) is 6.57. The van der Waals surface area contributed by atoms with E-state index in [4.69, 9.17) is 33.7 Å². The van der Waals surface area contributed by atoms with Crippen LogP contribution in [0.25, 0.3) is 6.08 Å². The van der Waals surface area contributed by atoms with Crippen molar-refractivity contribution in [1.82, 2.24) is 9.78 Å². The Hall–Kier alpha value is -2.31. The highest BCUT2D eigenvalue weighted by molar-refractivity contribution is 6.35. The molecule has 0 unspecified atom stereocenters. The van der Waals surface area contributed by atoms with Gasteiger partial charge in [0.25, 0.3) is 5.91 Å². The third-order valence-electron chi connectivity index (χ3n) is 3.89. The number of nitrogens with two attached hydrogens (primary N) is 1. The molecule has 1 amide bonds. The molecule has 6 nitrogen and oxygen atoms in total. The Labute approximate surface area is 161 Å². The van der Waals surface area contributed by atoms with Gasteiger partial charge < -0.3 is 10.5 Å². The molecule has 1 atom stereocenters. The maximum Gasteiger partial charge on any atom is 0.331 e. The Kier molecular flexibility index (Phi) is 6.45. The van der Waals surface area contributed by atoms with Gasteiger partial charge in [0.2, 0.25) is 0 Å². The van der Waals surface area contributed by atoms with Crippen molar-refractivity contribution in [2.45, 2.75) is 33.4 Å². The fourth-order valence-corrected chi connectivity index (χ4v) is 2.88. The number of hydrogen-bond acceptors (Lipinski definition) is 4. The van der Waals surface area contributed by atoms with Crippen molar-refractivity contribution in [3.05, 3.63) is 56.8 Å². The van der Waals surface area contributed by atoms with Crippen molar-refractivity contribution in [2.75, 3.05) is 0 Å². The molecular formula is C18H19Cl2N3O3. The van der Waals surface area contributed by atoms with Crippen LogP contribution < -0.4 is 5.73 Å². The van der Waals surface area contributed by atoms with Gasteiger partial charge in [0, 0.05) is 32.9 Å². The smallest absolute Gasteiger partial charge is 0.331 e. The topological polar surface area (TPSA) is 87.2 Å². The summed E-state index contributed by atoms with van der Waals surface area (Å²) in [7, 11) is 0. The van der Waals surface area contributed by atoms with E-state index in [-0.39, 0.29) is 0 Å².